The molecule has 0 spiro atoms. The van der Waals surface area contributed by atoms with Gasteiger partial charge >= 0.3 is 0 Å². The molecule has 0 aromatic heterocycles. The van der Waals surface area contributed by atoms with Gasteiger partial charge in [-0.2, -0.15) is 0 Å². The summed E-state index contributed by atoms with van der Waals surface area (Å²) in [6.07, 6.45) is 1.24. The molecule has 1 saturated heterocycles. The lowest BCUT2D eigenvalue weighted by Gasteiger charge is -2.41. The van der Waals surface area contributed by atoms with E-state index in [1.165, 1.54) is 19.1 Å². The standard InChI is InChI=1S/C43H72N6O8/c1-13-28(6)39(48(10)43(55)37(26(2)3)46-42(54)38(27(4)5)47(9)36(52)25-44)34(56-11)24-35(51)49-21-17-20-32(49)40(57-12)29(7)33(50)23-31(41(53)45-8)22-30-18-15-14-16-19-30/h14-16,18-19,26-29,31-32,34,37-40H,13,17,20-25,44H2,1-12H3,(H,45,53)(H,46,54)/t28-,29-,31+,32-,34+,37-,38-,39-,40+/m0/s1. The van der Waals surface area contributed by atoms with Crippen LogP contribution in [-0.4, -0.2) is 135 Å². The van der Waals surface area contributed by atoms with E-state index >= 15 is 0 Å². The summed E-state index contributed by atoms with van der Waals surface area (Å²) in [4.78, 5) is 86.1. The van der Waals surface area contributed by atoms with E-state index in [-0.39, 0.29) is 72.6 Å². The molecule has 0 unspecified atom stereocenters. The van der Waals surface area contributed by atoms with Crippen LogP contribution in [0.5, 0.6) is 0 Å². The van der Waals surface area contributed by atoms with Crippen molar-refractivity contribution in [2.24, 2.45) is 35.3 Å². The normalized spacial score (nSPS) is 18.5. The number of amides is 5. The second kappa shape index (κ2) is 23.5. The second-order valence-electron chi connectivity index (χ2n) is 16.4. The van der Waals surface area contributed by atoms with Crippen LogP contribution in [0.25, 0.3) is 0 Å². The second-order valence-corrected chi connectivity index (χ2v) is 16.4. The lowest BCUT2D eigenvalue weighted by Crippen LogP contribution is -2.60. The minimum Gasteiger partial charge on any atom is -0.379 e. The van der Waals surface area contributed by atoms with Crippen LogP contribution in [0.4, 0.5) is 0 Å². The number of Topliss-reactive ketones (excluding diaryl/α,β-unsaturated/α-hetero) is 1. The van der Waals surface area contributed by atoms with Crippen molar-refractivity contribution in [3.05, 3.63) is 35.9 Å². The van der Waals surface area contributed by atoms with Crippen LogP contribution in [-0.2, 0) is 44.7 Å². The molecule has 0 radical (unpaired) electrons. The lowest BCUT2D eigenvalue weighted by atomic mass is 9.85. The molecule has 322 valence electrons. The molecular weight excluding hydrogens is 729 g/mol. The number of nitrogens with two attached hydrogens (primary N) is 1. The van der Waals surface area contributed by atoms with Crippen LogP contribution < -0.4 is 16.4 Å². The van der Waals surface area contributed by atoms with Crippen molar-refractivity contribution in [3.63, 3.8) is 0 Å². The Bertz CT molecular complexity index is 1470. The number of nitrogens with zero attached hydrogens (tertiary/aromatic N) is 3. The predicted octanol–water partition coefficient (Wildman–Crippen LogP) is 3.05. The van der Waals surface area contributed by atoms with Crippen LogP contribution in [0.1, 0.15) is 86.1 Å². The Morgan fingerprint density at radius 1 is 0.895 bits per heavy atom. The zero-order valence-corrected chi connectivity index (χ0v) is 36.6. The smallest absolute Gasteiger partial charge is 0.245 e. The van der Waals surface area contributed by atoms with E-state index in [0.717, 1.165) is 12.0 Å². The van der Waals surface area contributed by atoms with Crippen LogP contribution in [0.15, 0.2) is 30.3 Å². The fourth-order valence-corrected chi connectivity index (χ4v) is 8.33. The number of benzene rings is 1. The van der Waals surface area contributed by atoms with Gasteiger partial charge < -0.3 is 40.5 Å². The summed E-state index contributed by atoms with van der Waals surface area (Å²) in [5.41, 5.74) is 6.55. The first-order chi connectivity index (χ1) is 26.9. The topological polar surface area (TPSA) is 181 Å². The van der Waals surface area contributed by atoms with Gasteiger partial charge in [0.15, 0.2) is 0 Å². The van der Waals surface area contributed by atoms with Crippen molar-refractivity contribution in [2.75, 3.05) is 48.5 Å². The maximum Gasteiger partial charge on any atom is 0.245 e. The van der Waals surface area contributed by atoms with Crippen molar-refractivity contribution < 1.29 is 38.2 Å². The van der Waals surface area contributed by atoms with Gasteiger partial charge in [-0.1, -0.05) is 85.2 Å². The Kier molecular flexibility index (Phi) is 20.3. The zero-order valence-electron chi connectivity index (χ0n) is 36.6. The van der Waals surface area contributed by atoms with Crippen molar-refractivity contribution >= 4 is 35.3 Å². The van der Waals surface area contributed by atoms with E-state index in [1.807, 2.05) is 71.9 Å². The molecule has 57 heavy (non-hydrogen) atoms. The van der Waals surface area contributed by atoms with Gasteiger partial charge in [0, 0.05) is 60.2 Å². The Morgan fingerprint density at radius 2 is 1.53 bits per heavy atom. The zero-order chi connectivity index (χ0) is 43.1. The molecule has 1 aliphatic rings. The molecule has 14 nitrogen and oxygen atoms in total. The van der Waals surface area contributed by atoms with Crippen molar-refractivity contribution in [2.45, 2.75) is 123 Å². The predicted molar refractivity (Wildman–Crippen MR) is 221 cm³/mol. The van der Waals surface area contributed by atoms with E-state index in [9.17, 15) is 28.8 Å². The number of methoxy groups -OCH3 is 2. The number of likely N-dealkylation sites (N-methyl/N-ethyl adjacent to an activating group) is 2. The minimum atomic E-state index is -0.912. The van der Waals surface area contributed by atoms with E-state index in [2.05, 4.69) is 10.6 Å². The number of ketones is 1. The molecule has 9 atom stereocenters. The highest BCUT2D eigenvalue weighted by Gasteiger charge is 2.43. The quantitative estimate of drug-likeness (QED) is 0.150. The van der Waals surface area contributed by atoms with E-state index in [1.54, 1.807) is 37.9 Å². The fourth-order valence-electron chi connectivity index (χ4n) is 8.33. The highest BCUT2D eigenvalue weighted by atomic mass is 16.5. The van der Waals surface area contributed by atoms with Gasteiger partial charge in [0.05, 0.1) is 37.3 Å². The van der Waals surface area contributed by atoms with Crippen LogP contribution in [0.2, 0.25) is 0 Å². The van der Waals surface area contributed by atoms with Gasteiger partial charge in [-0.25, -0.2) is 0 Å². The summed E-state index contributed by atoms with van der Waals surface area (Å²) in [6, 6.07) is 6.96. The first-order valence-electron chi connectivity index (χ1n) is 20.6. The first kappa shape index (κ1) is 49.3. The van der Waals surface area contributed by atoms with Crippen molar-refractivity contribution in [1.82, 2.24) is 25.3 Å². The van der Waals surface area contributed by atoms with Crippen molar-refractivity contribution in [3.8, 4) is 0 Å². The molecule has 1 fully saturated rings. The molecule has 0 aliphatic carbocycles. The number of ether oxygens (including phenoxy) is 2. The molecule has 14 heteroatoms. The average Bonchev–Trinajstić information content (AvgIpc) is 3.68. The number of hydrogen-bond donors (Lipinski definition) is 3. The molecule has 0 bridgehead atoms. The van der Waals surface area contributed by atoms with E-state index in [4.69, 9.17) is 15.2 Å². The minimum absolute atomic E-state index is 0.0195. The van der Waals surface area contributed by atoms with Crippen LogP contribution >= 0.6 is 0 Å². The highest BCUT2D eigenvalue weighted by molar-refractivity contribution is 5.93. The molecule has 4 N–H and O–H groups in total. The van der Waals surface area contributed by atoms with Crippen LogP contribution in [0.3, 0.4) is 0 Å². The van der Waals surface area contributed by atoms with E-state index in [0.29, 0.717) is 25.8 Å². The van der Waals surface area contributed by atoms with Crippen LogP contribution in [0, 0.1) is 29.6 Å². The van der Waals surface area contributed by atoms with Crippen molar-refractivity contribution in [1.29, 1.82) is 0 Å². The largest absolute Gasteiger partial charge is 0.379 e. The Hall–Kier alpha value is -3.88. The number of carbonyl (C=O) groups excluding carboxylic acids is 6. The maximum absolute atomic E-state index is 14.3. The summed E-state index contributed by atoms with van der Waals surface area (Å²) in [5.74, 6) is -3.40. The molecule has 1 heterocycles. The Balaban J connectivity index is 2.31. The third-order valence-corrected chi connectivity index (χ3v) is 11.9. The third kappa shape index (κ3) is 13.1. The van der Waals surface area contributed by atoms with Gasteiger partial charge in [0.25, 0.3) is 0 Å². The number of rotatable bonds is 23. The molecule has 5 amide bonds. The average molecular weight is 801 g/mol. The molecule has 1 aromatic carbocycles. The Labute approximate surface area is 341 Å². The summed E-state index contributed by atoms with van der Waals surface area (Å²) >= 11 is 0. The monoisotopic (exact) mass is 801 g/mol. The van der Waals surface area contributed by atoms with Gasteiger partial charge in [0.1, 0.15) is 17.9 Å². The number of carbonyl (C=O) groups is 6. The third-order valence-electron chi connectivity index (χ3n) is 11.9. The maximum atomic E-state index is 14.3. The summed E-state index contributed by atoms with van der Waals surface area (Å²) < 4.78 is 12.0. The SMILES string of the molecule is CC[C@H](C)[C@@H]([C@@H](CC(=O)N1CCC[C@H]1[C@H](OC)[C@@H](C)C(=O)C[C@@H](Cc1ccccc1)C(=O)NC)OC)N(C)C(=O)[C@@H](NC(=O)[C@H](C(C)C)N(C)C(=O)CN)C(C)C. The molecule has 0 saturated carbocycles. The molecular formula is C43H72N6O8. The first-order valence-corrected chi connectivity index (χ1v) is 20.6. The van der Waals surface area contributed by atoms with Gasteiger partial charge in [-0.3, -0.25) is 28.8 Å². The molecule has 2 rings (SSSR count). The molecule has 1 aliphatic heterocycles. The number of hydrogen-bond acceptors (Lipinski definition) is 9. The summed E-state index contributed by atoms with van der Waals surface area (Å²) in [6.45, 7) is 13.4. The highest BCUT2D eigenvalue weighted by Crippen LogP contribution is 2.31. The molecule has 1 aromatic rings. The van der Waals surface area contributed by atoms with Gasteiger partial charge in [0.2, 0.25) is 29.5 Å². The fraction of sp³-hybridized carbons (Fsp3) is 0.721. The number of nitrogens with one attached hydrogen (secondary N) is 2. The van der Waals surface area contributed by atoms with Gasteiger partial charge in [-0.15, -0.1) is 0 Å². The summed E-state index contributed by atoms with van der Waals surface area (Å²) in [7, 11) is 7.86. The number of likely N-dealkylation sites (tertiary alicyclic amines) is 1. The Morgan fingerprint density at radius 3 is 2.04 bits per heavy atom. The summed E-state index contributed by atoms with van der Waals surface area (Å²) in [5, 5.41) is 5.63. The van der Waals surface area contributed by atoms with E-state index < -0.39 is 48.1 Å². The van der Waals surface area contributed by atoms with Gasteiger partial charge in [-0.05, 0) is 42.6 Å². The lowest BCUT2D eigenvalue weighted by molar-refractivity contribution is -0.148.